The summed E-state index contributed by atoms with van der Waals surface area (Å²) in [5, 5.41) is 0. The second-order valence-electron chi connectivity index (χ2n) is 2.16. The smallest absolute Gasteiger partial charge is 0.356 e. The van der Waals surface area contributed by atoms with E-state index < -0.39 is 0 Å². The lowest BCUT2D eigenvalue weighted by Crippen LogP contribution is -2.16. The summed E-state index contributed by atoms with van der Waals surface area (Å²) < 4.78 is 0. The van der Waals surface area contributed by atoms with Crippen LogP contribution in [-0.2, 0) is 9.63 Å². The second-order valence-corrected chi connectivity index (χ2v) is 2.16. The molecule has 0 fully saturated rings. The monoisotopic (exact) mass is 169 g/mol. The predicted molar refractivity (Wildman–Crippen MR) is 48.3 cm³/mol. The standard InChI is InChI=1S/C9H15NO2/c1-4-6-8(7-5-2)9(11)12-10-3/h4,6-7,10H,5H2,1-3H3/b6-4-,8-7+. The van der Waals surface area contributed by atoms with E-state index in [0.717, 1.165) is 6.42 Å². The Morgan fingerprint density at radius 2 is 2.25 bits per heavy atom. The molecule has 0 saturated carbocycles. The lowest BCUT2D eigenvalue weighted by Gasteiger charge is -2.00. The topological polar surface area (TPSA) is 38.3 Å². The maximum absolute atomic E-state index is 11.1. The Morgan fingerprint density at radius 1 is 1.58 bits per heavy atom. The highest BCUT2D eigenvalue weighted by Gasteiger charge is 2.05. The van der Waals surface area contributed by atoms with Crippen molar-refractivity contribution < 1.29 is 9.63 Å². The van der Waals surface area contributed by atoms with Gasteiger partial charge in [-0.3, -0.25) is 0 Å². The van der Waals surface area contributed by atoms with Gasteiger partial charge in [0, 0.05) is 7.05 Å². The minimum absolute atomic E-state index is 0.350. The predicted octanol–water partition coefficient (Wildman–Crippen LogP) is 1.58. The molecular formula is C9H15NO2. The first-order chi connectivity index (χ1) is 5.76. The Balaban J connectivity index is 4.30. The van der Waals surface area contributed by atoms with Gasteiger partial charge < -0.3 is 4.84 Å². The molecule has 0 spiro atoms. The fourth-order valence-electron chi connectivity index (χ4n) is 0.771. The molecular weight excluding hydrogens is 154 g/mol. The number of nitrogens with one attached hydrogen (secondary N) is 1. The fraction of sp³-hybridized carbons (Fsp3) is 0.444. The van der Waals surface area contributed by atoms with Crippen LogP contribution in [0, 0.1) is 0 Å². The molecule has 0 aliphatic carbocycles. The molecule has 0 amide bonds. The summed E-state index contributed by atoms with van der Waals surface area (Å²) in [6, 6.07) is 0. The molecule has 68 valence electrons. The van der Waals surface area contributed by atoms with Crippen molar-refractivity contribution in [3.8, 4) is 0 Å². The Bertz CT molecular complexity index is 195. The van der Waals surface area contributed by atoms with E-state index in [4.69, 9.17) is 0 Å². The summed E-state index contributed by atoms with van der Waals surface area (Å²) >= 11 is 0. The number of hydroxylamine groups is 1. The van der Waals surface area contributed by atoms with Gasteiger partial charge >= 0.3 is 5.97 Å². The normalized spacial score (nSPS) is 12.1. The maximum atomic E-state index is 11.1. The van der Waals surface area contributed by atoms with Gasteiger partial charge in [0.2, 0.25) is 0 Å². The van der Waals surface area contributed by atoms with Crippen LogP contribution in [0.15, 0.2) is 23.8 Å². The Kier molecular flexibility index (Phi) is 6.01. The molecule has 0 aromatic rings. The van der Waals surface area contributed by atoms with E-state index in [1.165, 1.54) is 0 Å². The van der Waals surface area contributed by atoms with Crippen LogP contribution in [0.1, 0.15) is 20.3 Å². The molecule has 0 rings (SSSR count). The van der Waals surface area contributed by atoms with Crippen LogP contribution in [0.25, 0.3) is 0 Å². The largest absolute Gasteiger partial charge is 0.367 e. The van der Waals surface area contributed by atoms with Gasteiger partial charge in [-0.15, -0.1) is 0 Å². The van der Waals surface area contributed by atoms with E-state index in [1.807, 2.05) is 19.9 Å². The van der Waals surface area contributed by atoms with E-state index in [9.17, 15) is 4.79 Å². The van der Waals surface area contributed by atoms with Gasteiger partial charge in [-0.25, -0.2) is 4.79 Å². The molecule has 0 aliphatic heterocycles. The summed E-state index contributed by atoms with van der Waals surface area (Å²) in [4.78, 5) is 15.7. The summed E-state index contributed by atoms with van der Waals surface area (Å²) in [5.74, 6) is -0.350. The molecule has 0 heterocycles. The minimum atomic E-state index is -0.350. The fourth-order valence-corrected chi connectivity index (χ4v) is 0.771. The number of carbonyl (C=O) groups is 1. The lowest BCUT2D eigenvalue weighted by atomic mass is 10.2. The van der Waals surface area contributed by atoms with Crippen molar-refractivity contribution in [1.29, 1.82) is 0 Å². The van der Waals surface area contributed by atoms with Crippen molar-refractivity contribution in [1.82, 2.24) is 5.48 Å². The first-order valence-electron chi connectivity index (χ1n) is 3.97. The lowest BCUT2D eigenvalue weighted by molar-refractivity contribution is -0.144. The van der Waals surface area contributed by atoms with Crippen LogP contribution in [0.2, 0.25) is 0 Å². The summed E-state index contributed by atoms with van der Waals surface area (Å²) in [6.07, 6.45) is 6.17. The van der Waals surface area contributed by atoms with Crippen molar-refractivity contribution in [3.63, 3.8) is 0 Å². The molecule has 12 heavy (non-hydrogen) atoms. The van der Waals surface area contributed by atoms with Crippen molar-refractivity contribution in [2.45, 2.75) is 20.3 Å². The Labute approximate surface area is 73.1 Å². The van der Waals surface area contributed by atoms with Crippen molar-refractivity contribution >= 4 is 5.97 Å². The second kappa shape index (κ2) is 6.61. The molecule has 0 aliphatic rings. The molecule has 0 aromatic carbocycles. The van der Waals surface area contributed by atoms with Gasteiger partial charge in [0.15, 0.2) is 0 Å². The molecule has 0 bridgehead atoms. The van der Waals surface area contributed by atoms with Gasteiger partial charge in [0.05, 0.1) is 5.57 Å². The third kappa shape index (κ3) is 3.93. The highest BCUT2D eigenvalue weighted by atomic mass is 16.7. The van der Waals surface area contributed by atoms with Gasteiger partial charge in [-0.05, 0) is 13.3 Å². The zero-order valence-corrected chi connectivity index (χ0v) is 7.76. The van der Waals surface area contributed by atoms with E-state index in [2.05, 4.69) is 10.3 Å². The van der Waals surface area contributed by atoms with Gasteiger partial charge in [-0.2, -0.15) is 5.48 Å². The quantitative estimate of drug-likeness (QED) is 0.394. The summed E-state index contributed by atoms with van der Waals surface area (Å²) in [5.41, 5.74) is 2.92. The third-order valence-electron chi connectivity index (χ3n) is 1.20. The number of rotatable bonds is 4. The van der Waals surface area contributed by atoms with Gasteiger partial charge in [-0.1, -0.05) is 25.2 Å². The van der Waals surface area contributed by atoms with Crippen LogP contribution in [0.3, 0.4) is 0 Å². The van der Waals surface area contributed by atoms with Crippen molar-refractivity contribution in [2.75, 3.05) is 7.05 Å². The molecule has 0 radical (unpaired) electrons. The Hall–Kier alpha value is -1.09. The highest BCUT2D eigenvalue weighted by Crippen LogP contribution is 2.01. The zero-order chi connectivity index (χ0) is 9.40. The molecule has 0 unspecified atom stereocenters. The van der Waals surface area contributed by atoms with Crippen LogP contribution >= 0.6 is 0 Å². The summed E-state index contributed by atoms with van der Waals surface area (Å²) in [6.45, 7) is 3.83. The van der Waals surface area contributed by atoms with Crippen LogP contribution in [0.4, 0.5) is 0 Å². The first kappa shape index (κ1) is 10.9. The van der Waals surface area contributed by atoms with Crippen LogP contribution in [0.5, 0.6) is 0 Å². The van der Waals surface area contributed by atoms with E-state index in [1.54, 1.807) is 19.2 Å². The van der Waals surface area contributed by atoms with E-state index >= 15 is 0 Å². The third-order valence-corrected chi connectivity index (χ3v) is 1.20. The maximum Gasteiger partial charge on any atom is 0.356 e. The van der Waals surface area contributed by atoms with Crippen molar-refractivity contribution in [3.05, 3.63) is 23.8 Å². The van der Waals surface area contributed by atoms with E-state index in [0.29, 0.717) is 5.57 Å². The average Bonchev–Trinajstić information content (AvgIpc) is 2.04. The Morgan fingerprint density at radius 3 is 2.67 bits per heavy atom. The first-order valence-corrected chi connectivity index (χ1v) is 3.97. The molecule has 0 saturated heterocycles. The number of hydrogen-bond acceptors (Lipinski definition) is 3. The molecule has 0 aromatic heterocycles. The zero-order valence-electron chi connectivity index (χ0n) is 7.76. The van der Waals surface area contributed by atoms with Gasteiger partial charge in [0.25, 0.3) is 0 Å². The van der Waals surface area contributed by atoms with Gasteiger partial charge in [0.1, 0.15) is 0 Å². The highest BCUT2D eigenvalue weighted by molar-refractivity contribution is 5.91. The number of carbonyl (C=O) groups excluding carboxylic acids is 1. The van der Waals surface area contributed by atoms with E-state index in [-0.39, 0.29) is 5.97 Å². The van der Waals surface area contributed by atoms with Crippen LogP contribution in [-0.4, -0.2) is 13.0 Å². The SMILES string of the molecule is C/C=C\C(=C/CC)C(=O)ONC. The average molecular weight is 169 g/mol. The molecule has 1 N–H and O–H groups in total. The minimum Gasteiger partial charge on any atom is -0.367 e. The van der Waals surface area contributed by atoms with Crippen LogP contribution < -0.4 is 5.48 Å². The number of allylic oxidation sites excluding steroid dienone is 2. The molecule has 0 atom stereocenters. The summed E-state index contributed by atoms with van der Waals surface area (Å²) in [7, 11) is 1.55. The van der Waals surface area contributed by atoms with Crippen molar-refractivity contribution in [2.24, 2.45) is 0 Å². The number of hydrogen-bond donors (Lipinski definition) is 1. The molecule has 3 heteroatoms. The molecule has 3 nitrogen and oxygen atoms in total.